The SMILES string of the molecule is c1ccc(-c2cccc(-c3ccccc3)c2Nc2cc(N(c3ccccc3)c3ccccc3)cc(N(c3ccccc3)c3ccccc3)c2)cc1. The molecule has 8 rings (SSSR count). The van der Waals surface area contributed by atoms with Crippen molar-refractivity contribution in [2.45, 2.75) is 0 Å². The molecule has 244 valence electrons. The van der Waals surface area contributed by atoms with Gasteiger partial charge in [0.15, 0.2) is 0 Å². The van der Waals surface area contributed by atoms with Gasteiger partial charge in [0.1, 0.15) is 0 Å². The molecule has 0 aliphatic carbocycles. The number of nitrogens with zero attached hydrogens (tertiary/aromatic N) is 2. The van der Waals surface area contributed by atoms with Gasteiger partial charge < -0.3 is 15.1 Å². The Balaban J connectivity index is 1.38. The third-order valence-corrected chi connectivity index (χ3v) is 8.98. The fourth-order valence-corrected chi connectivity index (χ4v) is 6.68. The fraction of sp³-hybridized carbons (Fsp3) is 0. The molecule has 0 fully saturated rings. The van der Waals surface area contributed by atoms with Gasteiger partial charge in [-0.2, -0.15) is 0 Å². The average Bonchev–Trinajstić information content (AvgIpc) is 3.20. The fourth-order valence-electron chi connectivity index (χ4n) is 6.68. The molecule has 0 radical (unpaired) electrons. The topological polar surface area (TPSA) is 18.5 Å². The van der Waals surface area contributed by atoms with Gasteiger partial charge in [-0.3, -0.25) is 0 Å². The summed E-state index contributed by atoms with van der Waals surface area (Å²) < 4.78 is 0. The van der Waals surface area contributed by atoms with E-state index in [1.54, 1.807) is 0 Å². The van der Waals surface area contributed by atoms with Crippen molar-refractivity contribution in [1.82, 2.24) is 0 Å². The highest BCUT2D eigenvalue weighted by Crippen LogP contribution is 2.45. The summed E-state index contributed by atoms with van der Waals surface area (Å²) in [5.74, 6) is 0. The summed E-state index contributed by atoms with van der Waals surface area (Å²) in [4.78, 5) is 4.65. The summed E-state index contributed by atoms with van der Waals surface area (Å²) in [6.45, 7) is 0. The van der Waals surface area contributed by atoms with Crippen molar-refractivity contribution in [2.75, 3.05) is 15.1 Å². The van der Waals surface area contributed by atoms with Crippen LogP contribution in [0.15, 0.2) is 218 Å². The van der Waals surface area contributed by atoms with E-state index in [4.69, 9.17) is 0 Å². The predicted molar refractivity (Wildman–Crippen MR) is 216 cm³/mol. The van der Waals surface area contributed by atoms with Crippen molar-refractivity contribution < 1.29 is 0 Å². The van der Waals surface area contributed by atoms with Crippen molar-refractivity contribution in [3.05, 3.63) is 218 Å². The maximum Gasteiger partial charge on any atom is 0.0543 e. The van der Waals surface area contributed by atoms with Crippen LogP contribution >= 0.6 is 0 Å². The number of anilines is 8. The smallest absolute Gasteiger partial charge is 0.0543 e. The molecule has 0 aliphatic rings. The highest BCUT2D eigenvalue weighted by atomic mass is 15.2. The number of para-hydroxylation sites is 5. The van der Waals surface area contributed by atoms with Crippen molar-refractivity contribution >= 4 is 45.5 Å². The van der Waals surface area contributed by atoms with E-state index in [-0.39, 0.29) is 0 Å². The lowest BCUT2D eigenvalue weighted by Crippen LogP contribution is -2.14. The number of hydrogen-bond donors (Lipinski definition) is 1. The first-order valence-electron chi connectivity index (χ1n) is 17.3. The number of benzene rings is 8. The molecule has 51 heavy (non-hydrogen) atoms. The predicted octanol–water partition coefficient (Wildman–Crippen LogP) is 13.7. The molecule has 1 N–H and O–H groups in total. The van der Waals surface area contributed by atoms with Crippen LogP contribution in [0.5, 0.6) is 0 Å². The monoisotopic (exact) mass is 655 g/mol. The standard InChI is InChI=1S/C48H37N3/c1-7-20-37(21-8-1)46-32-19-33-47(38-22-9-2-10-23-38)48(46)49-39-34-44(50(40-24-11-3-12-25-40)41-26-13-4-14-27-41)36-45(35-39)51(42-28-15-5-16-29-42)43-30-17-6-18-31-43/h1-36,49H. The van der Waals surface area contributed by atoms with Crippen LogP contribution in [0.3, 0.4) is 0 Å². The third kappa shape index (κ3) is 6.87. The van der Waals surface area contributed by atoms with E-state index in [0.29, 0.717) is 0 Å². The van der Waals surface area contributed by atoms with Gasteiger partial charge in [-0.1, -0.05) is 152 Å². The Labute approximate surface area is 300 Å². The van der Waals surface area contributed by atoms with E-state index in [1.807, 2.05) is 0 Å². The first-order chi connectivity index (χ1) is 25.3. The van der Waals surface area contributed by atoms with E-state index >= 15 is 0 Å². The van der Waals surface area contributed by atoms with E-state index in [1.165, 1.54) is 0 Å². The molecule has 0 bridgehead atoms. The maximum absolute atomic E-state index is 3.98. The minimum Gasteiger partial charge on any atom is -0.354 e. The van der Waals surface area contributed by atoms with Gasteiger partial charge in [0.25, 0.3) is 0 Å². The Hall–Kier alpha value is -6.84. The van der Waals surface area contributed by atoms with E-state index in [2.05, 4.69) is 234 Å². The summed E-state index contributed by atoms with van der Waals surface area (Å²) in [6, 6.07) is 76.9. The Morgan fingerprint density at radius 3 is 0.922 bits per heavy atom. The summed E-state index contributed by atoms with van der Waals surface area (Å²) in [5, 5.41) is 3.98. The van der Waals surface area contributed by atoms with Gasteiger partial charge in [0, 0.05) is 39.6 Å². The van der Waals surface area contributed by atoms with Crippen LogP contribution < -0.4 is 15.1 Å². The lowest BCUT2D eigenvalue weighted by atomic mass is 9.95. The molecular weight excluding hydrogens is 619 g/mol. The van der Waals surface area contributed by atoms with Crippen molar-refractivity contribution in [2.24, 2.45) is 0 Å². The molecule has 3 nitrogen and oxygen atoms in total. The molecule has 0 spiro atoms. The zero-order valence-corrected chi connectivity index (χ0v) is 28.2. The highest BCUT2D eigenvalue weighted by molar-refractivity contribution is 5.94. The molecule has 0 amide bonds. The molecular formula is C48H37N3. The molecule has 0 aliphatic heterocycles. The number of nitrogens with one attached hydrogen (secondary N) is 1. The molecule has 0 unspecified atom stereocenters. The van der Waals surface area contributed by atoms with Gasteiger partial charge in [-0.25, -0.2) is 0 Å². The van der Waals surface area contributed by atoms with Gasteiger partial charge in [0.2, 0.25) is 0 Å². The first-order valence-corrected chi connectivity index (χ1v) is 17.3. The lowest BCUT2D eigenvalue weighted by molar-refractivity contribution is 1.25. The minimum absolute atomic E-state index is 0.969. The van der Waals surface area contributed by atoms with Crippen LogP contribution in [-0.2, 0) is 0 Å². The van der Waals surface area contributed by atoms with Crippen LogP contribution in [0.25, 0.3) is 22.3 Å². The Kier molecular flexibility index (Phi) is 9.08. The summed E-state index contributed by atoms with van der Waals surface area (Å²) in [6.07, 6.45) is 0. The molecule has 0 saturated heterocycles. The van der Waals surface area contributed by atoms with Gasteiger partial charge >= 0.3 is 0 Å². The molecule has 0 heterocycles. The van der Waals surface area contributed by atoms with Crippen molar-refractivity contribution in [3.8, 4) is 22.3 Å². The lowest BCUT2D eigenvalue weighted by Gasteiger charge is -2.30. The second-order valence-corrected chi connectivity index (χ2v) is 12.3. The number of hydrogen-bond acceptors (Lipinski definition) is 3. The molecule has 8 aromatic carbocycles. The quantitative estimate of drug-likeness (QED) is 0.158. The summed E-state index contributed by atoms with van der Waals surface area (Å²) in [5.41, 5.74) is 13.0. The summed E-state index contributed by atoms with van der Waals surface area (Å²) in [7, 11) is 0. The normalized spacial score (nSPS) is 10.7. The summed E-state index contributed by atoms with van der Waals surface area (Å²) >= 11 is 0. The van der Waals surface area contributed by atoms with Crippen LogP contribution in [0.2, 0.25) is 0 Å². The molecule has 0 aromatic heterocycles. The Morgan fingerprint density at radius 2 is 0.588 bits per heavy atom. The Bertz CT molecular complexity index is 2070. The van der Waals surface area contributed by atoms with E-state index in [9.17, 15) is 0 Å². The highest BCUT2D eigenvalue weighted by Gasteiger charge is 2.20. The first kappa shape index (κ1) is 31.4. The average molecular weight is 656 g/mol. The largest absolute Gasteiger partial charge is 0.354 e. The van der Waals surface area contributed by atoms with Crippen molar-refractivity contribution in [3.63, 3.8) is 0 Å². The molecule has 3 heteroatoms. The van der Waals surface area contributed by atoms with Gasteiger partial charge in [0.05, 0.1) is 17.1 Å². The van der Waals surface area contributed by atoms with Crippen LogP contribution in [0, 0.1) is 0 Å². The Morgan fingerprint density at radius 1 is 0.275 bits per heavy atom. The molecule has 0 atom stereocenters. The second-order valence-electron chi connectivity index (χ2n) is 12.3. The van der Waals surface area contributed by atoms with Gasteiger partial charge in [-0.15, -0.1) is 0 Å². The van der Waals surface area contributed by atoms with Crippen LogP contribution in [0.1, 0.15) is 0 Å². The van der Waals surface area contributed by atoms with Crippen molar-refractivity contribution in [1.29, 1.82) is 0 Å². The second kappa shape index (κ2) is 14.7. The number of rotatable bonds is 10. The third-order valence-electron chi connectivity index (χ3n) is 8.98. The molecule has 8 aromatic rings. The zero-order valence-electron chi connectivity index (χ0n) is 28.2. The zero-order chi connectivity index (χ0) is 34.2. The van der Waals surface area contributed by atoms with Gasteiger partial charge in [-0.05, 0) is 77.9 Å². The van der Waals surface area contributed by atoms with Crippen LogP contribution in [0.4, 0.5) is 45.5 Å². The minimum atomic E-state index is 0.969. The molecule has 0 saturated carbocycles. The maximum atomic E-state index is 3.98. The van der Waals surface area contributed by atoms with E-state index in [0.717, 1.165) is 67.8 Å². The van der Waals surface area contributed by atoms with E-state index < -0.39 is 0 Å². The van der Waals surface area contributed by atoms with Crippen LogP contribution in [-0.4, -0.2) is 0 Å².